The van der Waals surface area contributed by atoms with Crippen LogP contribution >= 0.6 is 0 Å². The second kappa shape index (κ2) is 7.93. The average molecular weight is 351 g/mol. The van der Waals surface area contributed by atoms with Crippen LogP contribution in [0.3, 0.4) is 0 Å². The molecule has 26 heavy (non-hydrogen) atoms. The molecule has 6 nitrogen and oxygen atoms in total. The number of benzene rings is 2. The Labute approximate surface area is 152 Å². The van der Waals surface area contributed by atoms with Gasteiger partial charge in [0.1, 0.15) is 0 Å². The highest BCUT2D eigenvalue weighted by Gasteiger charge is 2.34. The summed E-state index contributed by atoms with van der Waals surface area (Å²) in [6.45, 7) is 1.86. The van der Waals surface area contributed by atoms with Crippen LogP contribution in [0, 0.1) is 0 Å². The molecule has 1 heterocycles. The van der Waals surface area contributed by atoms with Gasteiger partial charge in [-0.05, 0) is 17.7 Å². The minimum absolute atomic E-state index is 0.231. The van der Waals surface area contributed by atoms with E-state index >= 15 is 0 Å². The number of imide groups is 1. The third-order valence-corrected chi connectivity index (χ3v) is 4.44. The van der Waals surface area contributed by atoms with Gasteiger partial charge in [-0.2, -0.15) is 0 Å². The number of nitrogens with two attached hydrogens (primary N) is 1. The lowest BCUT2D eigenvalue weighted by Crippen LogP contribution is -2.39. The molecule has 0 fully saturated rings. The lowest BCUT2D eigenvalue weighted by molar-refractivity contribution is -0.118. The molecule has 1 aliphatic heterocycles. The molecule has 3 amide bonds. The standard InChI is InChI=1S/C20H21N3O3/c21-18(24)10-11-22(14-15-6-2-1-3-7-15)12-13-23-19(25)16-8-4-5-9-17(16)20(23)26/h1-9H,10-14H2,(H2,21,24). The van der Waals surface area contributed by atoms with Gasteiger partial charge in [-0.25, -0.2) is 0 Å². The van der Waals surface area contributed by atoms with Crippen molar-refractivity contribution in [1.29, 1.82) is 0 Å². The maximum absolute atomic E-state index is 12.5. The predicted octanol–water partition coefficient (Wildman–Crippen LogP) is 1.66. The van der Waals surface area contributed by atoms with Crippen molar-refractivity contribution in [3.05, 3.63) is 71.3 Å². The Morgan fingerprint density at radius 2 is 1.46 bits per heavy atom. The Bertz CT molecular complexity index is 785. The van der Waals surface area contributed by atoms with Crippen LogP contribution in [0.1, 0.15) is 32.7 Å². The summed E-state index contributed by atoms with van der Waals surface area (Å²) >= 11 is 0. The SMILES string of the molecule is NC(=O)CCN(CCN1C(=O)c2ccccc2C1=O)Cc1ccccc1. The summed E-state index contributed by atoms with van der Waals surface area (Å²) in [6.07, 6.45) is 0.231. The van der Waals surface area contributed by atoms with Gasteiger partial charge in [-0.3, -0.25) is 24.2 Å². The van der Waals surface area contributed by atoms with Crippen molar-refractivity contribution in [2.75, 3.05) is 19.6 Å². The molecular formula is C20H21N3O3. The number of primary amides is 1. The number of carbonyl (C=O) groups is 3. The Morgan fingerprint density at radius 1 is 0.885 bits per heavy atom. The molecule has 3 rings (SSSR count). The van der Waals surface area contributed by atoms with E-state index in [0.29, 0.717) is 30.8 Å². The Hall–Kier alpha value is -2.99. The van der Waals surface area contributed by atoms with Crippen molar-refractivity contribution in [1.82, 2.24) is 9.80 Å². The largest absolute Gasteiger partial charge is 0.370 e. The maximum atomic E-state index is 12.5. The number of rotatable bonds is 8. The van der Waals surface area contributed by atoms with Crippen LogP contribution < -0.4 is 5.73 Å². The third kappa shape index (κ3) is 3.97. The molecule has 6 heteroatoms. The van der Waals surface area contributed by atoms with E-state index in [-0.39, 0.29) is 30.7 Å². The van der Waals surface area contributed by atoms with E-state index in [4.69, 9.17) is 5.73 Å². The van der Waals surface area contributed by atoms with Crippen LogP contribution in [0.5, 0.6) is 0 Å². The third-order valence-electron chi connectivity index (χ3n) is 4.44. The lowest BCUT2D eigenvalue weighted by atomic mass is 10.1. The van der Waals surface area contributed by atoms with Crippen molar-refractivity contribution < 1.29 is 14.4 Å². The molecule has 2 aromatic rings. The summed E-state index contributed by atoms with van der Waals surface area (Å²) in [7, 11) is 0. The fourth-order valence-electron chi connectivity index (χ4n) is 3.06. The van der Waals surface area contributed by atoms with E-state index in [1.165, 1.54) is 4.90 Å². The number of carbonyl (C=O) groups excluding carboxylic acids is 3. The Kier molecular flexibility index (Phi) is 5.43. The van der Waals surface area contributed by atoms with Crippen molar-refractivity contribution in [2.45, 2.75) is 13.0 Å². The number of hydrogen-bond donors (Lipinski definition) is 1. The molecule has 0 atom stereocenters. The second-order valence-electron chi connectivity index (χ2n) is 6.29. The smallest absolute Gasteiger partial charge is 0.261 e. The predicted molar refractivity (Wildman–Crippen MR) is 97.3 cm³/mol. The molecule has 0 bridgehead atoms. The van der Waals surface area contributed by atoms with Crippen molar-refractivity contribution >= 4 is 17.7 Å². The normalized spacial score (nSPS) is 13.3. The molecule has 0 saturated heterocycles. The van der Waals surface area contributed by atoms with E-state index in [9.17, 15) is 14.4 Å². The molecule has 2 aromatic carbocycles. The molecule has 0 aliphatic carbocycles. The van der Waals surface area contributed by atoms with Gasteiger partial charge >= 0.3 is 0 Å². The fourth-order valence-corrected chi connectivity index (χ4v) is 3.06. The highest BCUT2D eigenvalue weighted by Crippen LogP contribution is 2.22. The molecule has 0 saturated carbocycles. The first-order valence-corrected chi connectivity index (χ1v) is 8.56. The number of amides is 3. The summed E-state index contributed by atoms with van der Waals surface area (Å²) in [5.41, 5.74) is 7.26. The molecule has 0 radical (unpaired) electrons. The Balaban J connectivity index is 1.66. The highest BCUT2D eigenvalue weighted by molar-refractivity contribution is 6.21. The molecule has 0 unspecified atom stereocenters. The molecule has 0 spiro atoms. The zero-order valence-electron chi connectivity index (χ0n) is 14.4. The number of nitrogens with zero attached hydrogens (tertiary/aromatic N) is 2. The summed E-state index contributed by atoms with van der Waals surface area (Å²) in [6, 6.07) is 16.7. The van der Waals surface area contributed by atoms with E-state index in [2.05, 4.69) is 0 Å². The first-order chi connectivity index (χ1) is 12.6. The highest BCUT2D eigenvalue weighted by atomic mass is 16.2. The van der Waals surface area contributed by atoms with Crippen LogP contribution in [-0.2, 0) is 11.3 Å². The monoisotopic (exact) mass is 351 g/mol. The van der Waals surface area contributed by atoms with Gasteiger partial charge in [0, 0.05) is 32.6 Å². The molecule has 134 valence electrons. The molecule has 1 aliphatic rings. The van der Waals surface area contributed by atoms with E-state index in [1.807, 2.05) is 35.2 Å². The number of fused-ring (bicyclic) bond motifs is 1. The summed E-state index contributed by atoms with van der Waals surface area (Å²) < 4.78 is 0. The van der Waals surface area contributed by atoms with Gasteiger partial charge < -0.3 is 5.73 Å². The fraction of sp³-hybridized carbons (Fsp3) is 0.250. The zero-order valence-corrected chi connectivity index (χ0v) is 14.4. The minimum Gasteiger partial charge on any atom is -0.370 e. The summed E-state index contributed by atoms with van der Waals surface area (Å²) in [4.78, 5) is 39.4. The van der Waals surface area contributed by atoms with Crippen molar-refractivity contribution in [3.8, 4) is 0 Å². The van der Waals surface area contributed by atoms with Crippen molar-refractivity contribution in [2.24, 2.45) is 5.73 Å². The van der Waals surface area contributed by atoms with Gasteiger partial charge in [0.25, 0.3) is 11.8 Å². The van der Waals surface area contributed by atoms with Crippen LogP contribution in [0.2, 0.25) is 0 Å². The van der Waals surface area contributed by atoms with Gasteiger partial charge in [0.05, 0.1) is 11.1 Å². The Morgan fingerprint density at radius 3 is 2.04 bits per heavy atom. The number of hydrogen-bond acceptors (Lipinski definition) is 4. The van der Waals surface area contributed by atoms with Crippen LogP contribution in [0.25, 0.3) is 0 Å². The maximum Gasteiger partial charge on any atom is 0.261 e. The first kappa shape index (κ1) is 17.8. The molecule has 2 N–H and O–H groups in total. The van der Waals surface area contributed by atoms with Gasteiger partial charge in [-0.1, -0.05) is 42.5 Å². The van der Waals surface area contributed by atoms with Gasteiger partial charge in [0.15, 0.2) is 0 Å². The van der Waals surface area contributed by atoms with Crippen LogP contribution in [-0.4, -0.2) is 47.2 Å². The topological polar surface area (TPSA) is 83.7 Å². The molecular weight excluding hydrogens is 330 g/mol. The van der Waals surface area contributed by atoms with E-state index in [0.717, 1.165) is 5.56 Å². The molecule has 0 aromatic heterocycles. The van der Waals surface area contributed by atoms with Crippen LogP contribution in [0.4, 0.5) is 0 Å². The average Bonchev–Trinajstić information content (AvgIpc) is 2.89. The van der Waals surface area contributed by atoms with Gasteiger partial charge in [0.2, 0.25) is 5.91 Å². The quantitative estimate of drug-likeness (QED) is 0.733. The lowest BCUT2D eigenvalue weighted by Gasteiger charge is -2.24. The van der Waals surface area contributed by atoms with Crippen molar-refractivity contribution in [3.63, 3.8) is 0 Å². The van der Waals surface area contributed by atoms with Gasteiger partial charge in [-0.15, -0.1) is 0 Å². The van der Waals surface area contributed by atoms with E-state index in [1.54, 1.807) is 24.3 Å². The second-order valence-corrected chi connectivity index (χ2v) is 6.29. The van der Waals surface area contributed by atoms with Crippen LogP contribution in [0.15, 0.2) is 54.6 Å². The first-order valence-electron chi connectivity index (χ1n) is 8.56. The zero-order chi connectivity index (χ0) is 18.5. The van der Waals surface area contributed by atoms with E-state index < -0.39 is 0 Å². The minimum atomic E-state index is -0.371. The summed E-state index contributed by atoms with van der Waals surface area (Å²) in [5, 5.41) is 0. The summed E-state index contributed by atoms with van der Waals surface area (Å²) in [5.74, 6) is -0.899.